The molecule has 64 valence electrons. The molecule has 0 aromatic heterocycles. The molecule has 1 rings (SSSR count). The highest BCUT2D eigenvalue weighted by Crippen LogP contribution is 2.07. The van der Waals surface area contributed by atoms with Crippen molar-refractivity contribution >= 4 is 28.5 Å². The van der Waals surface area contributed by atoms with Crippen molar-refractivity contribution in [2.24, 2.45) is 0 Å². The largest absolute Gasteiger partial charge is 0.429 e. The zero-order valence-corrected chi connectivity index (χ0v) is 8.34. The first-order chi connectivity index (χ1) is 4.99. The highest BCUT2D eigenvalue weighted by atomic mass is 79.9. The number of halogens is 1. The van der Waals surface area contributed by atoms with E-state index >= 15 is 0 Å². The Morgan fingerprint density at radius 1 is 1.73 bits per heavy atom. The van der Waals surface area contributed by atoms with E-state index in [1.165, 1.54) is 4.90 Å². The Hall–Kier alpha value is -0.113. The fourth-order valence-corrected chi connectivity index (χ4v) is 2.60. The van der Waals surface area contributed by atoms with Crippen LogP contribution in [0.25, 0.3) is 0 Å². The molecule has 2 amide bonds. The van der Waals surface area contributed by atoms with Crippen LogP contribution in [0.1, 0.15) is 0 Å². The fourth-order valence-electron chi connectivity index (χ4n) is 0.905. The molecule has 0 atom stereocenters. The zero-order valence-electron chi connectivity index (χ0n) is 5.75. The van der Waals surface area contributed by atoms with E-state index < -0.39 is 7.18 Å². The predicted octanol–water partition coefficient (Wildman–Crippen LogP) is -1.13. The first kappa shape index (κ1) is 8.98. The maximum atomic E-state index is 10.8. The van der Waals surface area contributed by atoms with E-state index in [2.05, 4.69) is 20.6 Å². The molecule has 5 nitrogen and oxygen atoms in total. The number of amides is 2. The van der Waals surface area contributed by atoms with Crippen LogP contribution in [0.5, 0.6) is 0 Å². The van der Waals surface area contributed by atoms with Gasteiger partial charge >= 0.3 is 13.2 Å². The molecule has 0 aromatic rings. The summed E-state index contributed by atoms with van der Waals surface area (Å²) in [6.45, 7) is 1.12. The van der Waals surface area contributed by atoms with Gasteiger partial charge < -0.3 is 19.8 Å². The number of rotatable bonds is 2. The Morgan fingerprint density at radius 2 is 2.36 bits per heavy atom. The standard InChI is InChI=1S/C4H9BrN2O3Si/c5-11(9,10)3-7-2-1-6-4(7)8/h9-10H,1-3H2,(H,6,8). The molecule has 0 saturated carbocycles. The highest BCUT2D eigenvalue weighted by Gasteiger charge is 2.32. The Balaban J connectivity index is 2.43. The number of carbonyl (C=O) groups is 1. The van der Waals surface area contributed by atoms with Crippen LogP contribution in [0.3, 0.4) is 0 Å². The quantitative estimate of drug-likeness (QED) is 0.423. The van der Waals surface area contributed by atoms with E-state index in [1.54, 1.807) is 0 Å². The average Bonchev–Trinajstić information content (AvgIpc) is 2.12. The molecule has 7 heteroatoms. The third-order valence-electron chi connectivity index (χ3n) is 1.34. The minimum Gasteiger partial charge on any atom is -0.402 e. The van der Waals surface area contributed by atoms with Gasteiger partial charge in [0.25, 0.3) is 0 Å². The number of carbonyl (C=O) groups excluding carboxylic acids is 1. The van der Waals surface area contributed by atoms with E-state index in [9.17, 15) is 4.79 Å². The van der Waals surface area contributed by atoms with Crippen molar-refractivity contribution in [1.29, 1.82) is 0 Å². The molecule has 0 aliphatic carbocycles. The third-order valence-corrected chi connectivity index (χ3v) is 2.87. The number of nitrogens with one attached hydrogen (secondary N) is 1. The normalized spacial score (nSPS) is 18.8. The van der Waals surface area contributed by atoms with Crippen molar-refractivity contribution < 1.29 is 14.4 Å². The molecular weight excluding hydrogens is 232 g/mol. The van der Waals surface area contributed by atoms with E-state index in [1.807, 2.05) is 0 Å². The lowest BCUT2D eigenvalue weighted by Gasteiger charge is -2.17. The Kier molecular flexibility index (Phi) is 2.53. The summed E-state index contributed by atoms with van der Waals surface area (Å²) < 4.78 is 0. The molecule has 3 N–H and O–H groups in total. The van der Waals surface area contributed by atoms with Crippen LogP contribution in [0.2, 0.25) is 0 Å². The molecule has 1 fully saturated rings. The summed E-state index contributed by atoms with van der Waals surface area (Å²) >= 11 is 2.74. The summed E-state index contributed by atoms with van der Waals surface area (Å²) in [5, 5.41) is 2.56. The Labute approximate surface area is 72.8 Å². The van der Waals surface area contributed by atoms with Crippen molar-refractivity contribution in [2.45, 2.75) is 0 Å². The highest BCUT2D eigenvalue weighted by molar-refractivity contribution is 9.25. The van der Waals surface area contributed by atoms with Gasteiger partial charge in [-0.3, -0.25) is 0 Å². The van der Waals surface area contributed by atoms with Gasteiger partial charge in [0.15, 0.2) is 0 Å². The van der Waals surface area contributed by atoms with Gasteiger partial charge in [0.2, 0.25) is 0 Å². The molecule has 0 aromatic carbocycles. The summed E-state index contributed by atoms with van der Waals surface area (Å²) in [4.78, 5) is 30.2. The summed E-state index contributed by atoms with van der Waals surface area (Å²) in [5.41, 5.74) is 0. The molecule has 1 aliphatic heterocycles. The zero-order chi connectivity index (χ0) is 8.48. The van der Waals surface area contributed by atoms with Gasteiger partial charge in [-0.2, -0.15) is 0 Å². The monoisotopic (exact) mass is 240 g/mol. The summed E-state index contributed by atoms with van der Waals surface area (Å²) in [7, 11) is -3.29. The van der Waals surface area contributed by atoms with Crippen molar-refractivity contribution in [3.63, 3.8) is 0 Å². The Bertz CT molecular complexity index is 171. The molecule has 0 bridgehead atoms. The molecule has 1 heterocycles. The summed E-state index contributed by atoms with van der Waals surface area (Å²) in [6, 6.07) is -0.232. The molecule has 0 radical (unpaired) electrons. The van der Waals surface area contributed by atoms with Crippen LogP contribution >= 0.6 is 15.3 Å². The lowest BCUT2D eigenvalue weighted by atomic mass is 10.7. The van der Waals surface area contributed by atoms with E-state index in [0.717, 1.165) is 0 Å². The van der Waals surface area contributed by atoms with Gasteiger partial charge in [0.1, 0.15) is 0 Å². The molecule has 11 heavy (non-hydrogen) atoms. The van der Waals surface area contributed by atoms with Crippen LogP contribution in [0.4, 0.5) is 4.79 Å². The van der Waals surface area contributed by atoms with Crippen LogP contribution in [0, 0.1) is 0 Å². The summed E-state index contributed by atoms with van der Waals surface area (Å²) in [5.74, 6) is 0. The fraction of sp³-hybridized carbons (Fsp3) is 0.750. The Morgan fingerprint density at radius 3 is 2.73 bits per heavy atom. The summed E-state index contributed by atoms with van der Waals surface area (Å²) in [6.07, 6.45) is 0.0127. The van der Waals surface area contributed by atoms with E-state index in [-0.39, 0.29) is 12.2 Å². The molecule has 1 saturated heterocycles. The molecular formula is C4H9BrN2O3Si. The number of hydrogen-bond donors (Lipinski definition) is 3. The number of hydrogen-bond acceptors (Lipinski definition) is 3. The van der Waals surface area contributed by atoms with Crippen LogP contribution < -0.4 is 5.32 Å². The number of nitrogens with zero attached hydrogens (tertiary/aromatic N) is 1. The second-order valence-electron chi connectivity index (χ2n) is 2.37. The second-order valence-corrected chi connectivity index (χ2v) is 7.94. The lowest BCUT2D eigenvalue weighted by molar-refractivity contribution is 0.218. The minimum atomic E-state index is -3.29. The maximum absolute atomic E-state index is 10.8. The molecule has 0 unspecified atom stereocenters. The minimum absolute atomic E-state index is 0.0127. The smallest absolute Gasteiger partial charge is 0.402 e. The topological polar surface area (TPSA) is 72.8 Å². The maximum Gasteiger partial charge on any atom is 0.429 e. The van der Waals surface area contributed by atoms with Gasteiger partial charge in [-0.05, 0) is 0 Å². The molecule has 1 aliphatic rings. The van der Waals surface area contributed by atoms with Gasteiger partial charge in [-0.1, -0.05) is 15.3 Å². The second kappa shape index (κ2) is 3.09. The van der Waals surface area contributed by atoms with E-state index in [0.29, 0.717) is 13.1 Å². The predicted molar refractivity (Wildman–Crippen MR) is 44.1 cm³/mol. The SMILES string of the molecule is O=C1NCCN1C[Si](O)(O)Br. The van der Waals surface area contributed by atoms with E-state index in [4.69, 9.17) is 9.59 Å². The van der Waals surface area contributed by atoms with Gasteiger partial charge in [0.05, 0.1) is 6.17 Å². The van der Waals surface area contributed by atoms with Gasteiger partial charge in [-0.25, -0.2) is 4.79 Å². The first-order valence-electron chi connectivity index (χ1n) is 3.15. The van der Waals surface area contributed by atoms with Crippen molar-refractivity contribution in [1.82, 2.24) is 10.2 Å². The van der Waals surface area contributed by atoms with Gasteiger partial charge in [-0.15, -0.1) is 0 Å². The van der Waals surface area contributed by atoms with Crippen LogP contribution in [-0.4, -0.2) is 47.0 Å². The third kappa shape index (κ3) is 2.77. The lowest BCUT2D eigenvalue weighted by Crippen LogP contribution is -2.44. The van der Waals surface area contributed by atoms with Crippen LogP contribution in [-0.2, 0) is 0 Å². The van der Waals surface area contributed by atoms with Gasteiger partial charge in [0, 0.05) is 13.1 Å². The number of urea groups is 1. The first-order valence-corrected chi connectivity index (χ1v) is 7.51. The molecule has 0 spiro atoms. The van der Waals surface area contributed by atoms with Crippen molar-refractivity contribution in [3.05, 3.63) is 0 Å². The van der Waals surface area contributed by atoms with Crippen molar-refractivity contribution in [3.8, 4) is 0 Å². The van der Waals surface area contributed by atoms with Crippen molar-refractivity contribution in [2.75, 3.05) is 19.3 Å². The average molecular weight is 241 g/mol. The van der Waals surface area contributed by atoms with Crippen LogP contribution in [0.15, 0.2) is 0 Å².